The van der Waals surface area contributed by atoms with Crippen molar-refractivity contribution >= 4 is 11.9 Å². The lowest BCUT2D eigenvalue weighted by Crippen LogP contribution is -2.41. The molecule has 0 saturated carbocycles. The predicted octanol–water partition coefficient (Wildman–Crippen LogP) is 7.08. The smallest absolute Gasteiger partial charge is 0.416 e. The summed E-state index contributed by atoms with van der Waals surface area (Å²) in [6.45, 7) is 6.80. The molecule has 0 unspecified atom stereocenters. The number of halogens is 6. The van der Waals surface area contributed by atoms with E-state index in [4.69, 9.17) is 0 Å². The molecule has 4 rings (SSSR count). The molecule has 13 heteroatoms. The van der Waals surface area contributed by atoms with E-state index in [0.29, 0.717) is 41.2 Å². The Balaban J connectivity index is 1.88. The van der Waals surface area contributed by atoms with Crippen LogP contribution in [0.15, 0.2) is 29.2 Å². The molecule has 2 atom stereocenters. The molecule has 1 aliphatic rings. The van der Waals surface area contributed by atoms with Gasteiger partial charge in [0.05, 0.1) is 18.0 Å². The number of hydrogen-bond donors (Lipinski definition) is 2. The summed E-state index contributed by atoms with van der Waals surface area (Å²) in [4.78, 5) is 41.0. The number of carboxylic acid groups (broad SMARTS) is 1. The number of aryl methyl sites for hydroxylation is 2. The standard InChI is InChI=1S/C36H41F6N3O4/c1-18(2)12-27(45-17-21(10-11-44(5)6)25(15-28(45)46)36(40,41)42)35(49)43-26(16-29(47)48)32-33(38)24-9-7-8-23(24)31(34(32)39)30-19(3)13-22(37)14-20(30)4/h13-15,17-18,26-27H,7-12,16H2,1-6H3,(H,43,49)(H,47,48)/t26-,27-/m0/s1. The second-order valence-electron chi connectivity index (χ2n) is 13.5. The third-order valence-electron chi connectivity index (χ3n) is 8.90. The van der Waals surface area contributed by atoms with Crippen LogP contribution in [0.3, 0.4) is 0 Å². The van der Waals surface area contributed by atoms with Crippen LogP contribution in [0.4, 0.5) is 26.3 Å². The molecule has 0 fully saturated rings. The Hall–Kier alpha value is -4.13. The number of alkyl halides is 3. The summed E-state index contributed by atoms with van der Waals surface area (Å²) < 4.78 is 90.0. The van der Waals surface area contributed by atoms with Gasteiger partial charge in [-0.05, 0) is 111 Å². The third kappa shape index (κ3) is 8.20. The quantitative estimate of drug-likeness (QED) is 0.198. The van der Waals surface area contributed by atoms with Gasteiger partial charge in [0.2, 0.25) is 5.91 Å². The molecule has 1 amide bonds. The summed E-state index contributed by atoms with van der Waals surface area (Å²) in [5.41, 5.74) is -1.51. The van der Waals surface area contributed by atoms with Gasteiger partial charge in [-0.2, -0.15) is 13.2 Å². The average molecular weight is 694 g/mol. The van der Waals surface area contributed by atoms with E-state index in [9.17, 15) is 37.1 Å². The highest BCUT2D eigenvalue weighted by Gasteiger charge is 2.37. The molecule has 2 N–H and O–H groups in total. The van der Waals surface area contributed by atoms with Crippen LogP contribution >= 0.6 is 0 Å². The molecule has 3 aromatic rings. The third-order valence-corrected chi connectivity index (χ3v) is 8.90. The predicted molar refractivity (Wildman–Crippen MR) is 173 cm³/mol. The van der Waals surface area contributed by atoms with Gasteiger partial charge in [0.15, 0.2) is 0 Å². The summed E-state index contributed by atoms with van der Waals surface area (Å²) in [6, 6.07) is -0.337. The van der Waals surface area contributed by atoms with Gasteiger partial charge in [0, 0.05) is 29.9 Å². The highest BCUT2D eigenvalue weighted by molar-refractivity contribution is 5.82. The number of aromatic nitrogens is 1. The topological polar surface area (TPSA) is 91.6 Å². The van der Waals surface area contributed by atoms with E-state index in [-0.39, 0.29) is 48.4 Å². The minimum Gasteiger partial charge on any atom is -0.481 e. The number of hydrogen-bond acceptors (Lipinski definition) is 4. The zero-order valence-electron chi connectivity index (χ0n) is 28.3. The van der Waals surface area contributed by atoms with Crippen molar-refractivity contribution in [2.45, 2.75) is 84.5 Å². The Morgan fingerprint density at radius 1 is 0.980 bits per heavy atom. The first-order valence-electron chi connectivity index (χ1n) is 16.1. The maximum Gasteiger partial charge on any atom is 0.416 e. The Morgan fingerprint density at radius 3 is 2.14 bits per heavy atom. The number of likely N-dealkylation sites (N-methyl/N-ethyl adjacent to an activating group) is 1. The summed E-state index contributed by atoms with van der Waals surface area (Å²) in [6.07, 6.45) is -3.92. The molecule has 0 bridgehead atoms. The first-order valence-corrected chi connectivity index (χ1v) is 16.1. The lowest BCUT2D eigenvalue weighted by Gasteiger charge is -2.28. The largest absolute Gasteiger partial charge is 0.481 e. The van der Waals surface area contributed by atoms with E-state index in [1.165, 1.54) is 12.1 Å². The Kier molecular flexibility index (Phi) is 11.4. The van der Waals surface area contributed by atoms with Crippen LogP contribution in [-0.2, 0) is 35.0 Å². The van der Waals surface area contributed by atoms with E-state index in [0.717, 1.165) is 10.8 Å². The van der Waals surface area contributed by atoms with E-state index >= 15 is 8.78 Å². The zero-order valence-corrected chi connectivity index (χ0v) is 28.3. The Bertz CT molecular complexity index is 1790. The highest BCUT2D eigenvalue weighted by Crippen LogP contribution is 2.43. The van der Waals surface area contributed by atoms with Crippen molar-refractivity contribution < 1.29 is 41.0 Å². The Morgan fingerprint density at radius 2 is 1.59 bits per heavy atom. The number of nitrogens with zero attached hydrogens (tertiary/aromatic N) is 2. The van der Waals surface area contributed by atoms with Crippen LogP contribution in [-0.4, -0.2) is 47.1 Å². The van der Waals surface area contributed by atoms with Crippen LogP contribution in [0, 0.1) is 37.2 Å². The highest BCUT2D eigenvalue weighted by atomic mass is 19.4. The van der Waals surface area contributed by atoms with Gasteiger partial charge >= 0.3 is 12.1 Å². The van der Waals surface area contributed by atoms with Crippen molar-refractivity contribution in [1.29, 1.82) is 0 Å². The molecule has 1 aliphatic carbocycles. The van der Waals surface area contributed by atoms with Gasteiger partial charge in [-0.25, -0.2) is 13.2 Å². The van der Waals surface area contributed by atoms with E-state index in [1.807, 2.05) is 0 Å². The van der Waals surface area contributed by atoms with Crippen LogP contribution in [0.1, 0.15) is 84.1 Å². The molecule has 266 valence electrons. The molecule has 0 aliphatic heterocycles. The molecule has 7 nitrogen and oxygen atoms in total. The number of pyridine rings is 1. The van der Waals surface area contributed by atoms with Gasteiger partial charge in [0.25, 0.3) is 5.56 Å². The maximum absolute atomic E-state index is 16.8. The maximum atomic E-state index is 16.8. The molecular formula is C36H41F6N3O4. The zero-order chi connectivity index (χ0) is 36.5. The van der Waals surface area contributed by atoms with E-state index in [1.54, 1.807) is 46.7 Å². The number of carbonyl (C=O) groups is 2. The SMILES string of the molecule is Cc1cc(F)cc(C)c1-c1c(F)c([C@H](CC(=O)O)NC(=O)[C@H](CC(C)C)n2cc(CCN(C)C)c(C(F)(F)F)cc2=O)c(F)c2c1CCC2. The number of nitrogens with one attached hydrogen (secondary N) is 1. The molecule has 49 heavy (non-hydrogen) atoms. The molecule has 0 saturated heterocycles. The number of rotatable bonds is 12. The van der Waals surface area contributed by atoms with Gasteiger partial charge in [-0.3, -0.25) is 14.4 Å². The monoisotopic (exact) mass is 693 g/mol. The number of carbonyl (C=O) groups excluding carboxylic acids is 1. The van der Waals surface area contributed by atoms with Crippen molar-refractivity contribution in [1.82, 2.24) is 14.8 Å². The number of benzene rings is 2. The Labute approximate surface area is 280 Å². The second kappa shape index (κ2) is 14.8. The lowest BCUT2D eigenvalue weighted by atomic mass is 9.86. The minimum absolute atomic E-state index is 0.00626. The summed E-state index contributed by atoms with van der Waals surface area (Å²) in [5.74, 6) is -5.41. The molecule has 1 aromatic heterocycles. The van der Waals surface area contributed by atoms with Crippen LogP contribution in [0.5, 0.6) is 0 Å². The number of fused-ring (bicyclic) bond motifs is 1. The summed E-state index contributed by atoms with van der Waals surface area (Å²) >= 11 is 0. The van der Waals surface area contributed by atoms with Gasteiger partial charge in [-0.15, -0.1) is 0 Å². The van der Waals surface area contributed by atoms with Gasteiger partial charge in [0.1, 0.15) is 23.5 Å². The van der Waals surface area contributed by atoms with Crippen molar-refractivity contribution in [3.63, 3.8) is 0 Å². The van der Waals surface area contributed by atoms with Gasteiger partial charge in [-0.1, -0.05) is 13.8 Å². The van der Waals surface area contributed by atoms with Crippen molar-refractivity contribution in [3.05, 3.63) is 91.1 Å². The molecular weight excluding hydrogens is 652 g/mol. The fourth-order valence-corrected chi connectivity index (χ4v) is 6.76. The number of amides is 1. The van der Waals surface area contributed by atoms with E-state index in [2.05, 4.69) is 5.32 Å². The van der Waals surface area contributed by atoms with Crippen molar-refractivity contribution in [3.8, 4) is 11.1 Å². The van der Waals surface area contributed by atoms with Crippen LogP contribution in [0.2, 0.25) is 0 Å². The molecule has 0 radical (unpaired) electrons. The average Bonchev–Trinajstić information content (AvgIpc) is 3.45. The van der Waals surface area contributed by atoms with E-state index < -0.39 is 70.7 Å². The number of carboxylic acids is 1. The van der Waals surface area contributed by atoms with Gasteiger partial charge < -0.3 is 19.9 Å². The molecule has 2 aromatic carbocycles. The fourth-order valence-electron chi connectivity index (χ4n) is 6.76. The van der Waals surface area contributed by atoms with Crippen LogP contribution < -0.4 is 10.9 Å². The molecule has 1 heterocycles. The normalized spacial score (nSPS) is 14.3. The lowest BCUT2D eigenvalue weighted by molar-refractivity contribution is -0.139. The first kappa shape index (κ1) is 37.7. The molecule has 0 spiro atoms. The number of aliphatic carboxylic acids is 1. The van der Waals surface area contributed by atoms with Crippen molar-refractivity contribution in [2.75, 3.05) is 20.6 Å². The minimum atomic E-state index is -4.84. The van der Waals surface area contributed by atoms with Crippen LogP contribution in [0.25, 0.3) is 11.1 Å². The fraction of sp³-hybridized carbons (Fsp3) is 0.472. The van der Waals surface area contributed by atoms with Crippen molar-refractivity contribution in [2.24, 2.45) is 5.92 Å². The first-order chi connectivity index (χ1) is 22.8. The second-order valence-corrected chi connectivity index (χ2v) is 13.5. The summed E-state index contributed by atoms with van der Waals surface area (Å²) in [7, 11) is 3.34. The summed E-state index contributed by atoms with van der Waals surface area (Å²) in [5, 5.41) is 12.3.